The quantitative estimate of drug-likeness (QED) is 0.393. The van der Waals surface area contributed by atoms with Crippen LogP contribution >= 0.6 is 22.7 Å². The Bertz CT molecular complexity index is 804. The Morgan fingerprint density at radius 2 is 1.62 bits per heavy atom. The summed E-state index contributed by atoms with van der Waals surface area (Å²) in [6, 6.07) is 15.4. The second-order valence-corrected chi connectivity index (χ2v) is 5.91. The summed E-state index contributed by atoms with van der Waals surface area (Å²) in [5.41, 5.74) is 0. The zero-order chi connectivity index (χ0) is 10.5. The van der Waals surface area contributed by atoms with E-state index in [-0.39, 0.29) is 0 Å². The average Bonchev–Trinajstić information content (AvgIpc) is 2.86. The van der Waals surface area contributed by atoms with E-state index in [1.807, 2.05) is 22.7 Å². The summed E-state index contributed by atoms with van der Waals surface area (Å²) in [6.45, 7) is 0. The van der Waals surface area contributed by atoms with Crippen molar-refractivity contribution in [1.82, 2.24) is 0 Å². The van der Waals surface area contributed by atoms with E-state index < -0.39 is 0 Å². The van der Waals surface area contributed by atoms with Crippen molar-refractivity contribution >= 4 is 52.9 Å². The summed E-state index contributed by atoms with van der Waals surface area (Å²) < 4.78 is 4.25. The van der Waals surface area contributed by atoms with Crippen molar-refractivity contribution in [2.75, 3.05) is 0 Å². The van der Waals surface area contributed by atoms with Gasteiger partial charge in [0.25, 0.3) is 0 Å². The van der Waals surface area contributed by atoms with Gasteiger partial charge in [0.1, 0.15) is 0 Å². The Morgan fingerprint density at radius 3 is 2.50 bits per heavy atom. The molecule has 4 rings (SSSR count). The Morgan fingerprint density at radius 1 is 0.812 bits per heavy atom. The third-order valence-corrected chi connectivity index (χ3v) is 5.14. The lowest BCUT2D eigenvalue weighted by atomic mass is 10.1. The highest BCUT2D eigenvalue weighted by atomic mass is 32.1. The zero-order valence-electron chi connectivity index (χ0n) is 8.44. The van der Waals surface area contributed by atoms with Gasteiger partial charge in [-0.25, -0.2) is 0 Å². The molecular weight excluding hydrogens is 232 g/mol. The summed E-state index contributed by atoms with van der Waals surface area (Å²) >= 11 is 3.74. The van der Waals surface area contributed by atoms with Crippen molar-refractivity contribution in [2.45, 2.75) is 0 Å². The van der Waals surface area contributed by atoms with E-state index in [4.69, 9.17) is 0 Å². The van der Waals surface area contributed by atoms with Crippen molar-refractivity contribution < 1.29 is 0 Å². The molecule has 2 heteroatoms. The monoisotopic (exact) mass is 240 g/mol. The van der Waals surface area contributed by atoms with E-state index in [9.17, 15) is 0 Å². The lowest BCUT2D eigenvalue weighted by Crippen LogP contribution is -1.70. The molecule has 4 aromatic rings. The molecule has 2 aromatic heterocycles. The van der Waals surface area contributed by atoms with E-state index in [0.29, 0.717) is 0 Å². The molecule has 0 N–H and O–H groups in total. The highest BCUT2D eigenvalue weighted by molar-refractivity contribution is 7.32. The summed E-state index contributed by atoms with van der Waals surface area (Å²) in [5.74, 6) is 0. The molecule has 0 unspecified atom stereocenters. The second kappa shape index (κ2) is 3.06. The van der Waals surface area contributed by atoms with Crippen LogP contribution in [-0.4, -0.2) is 0 Å². The number of fused-ring (bicyclic) bond motifs is 4. The first-order valence-electron chi connectivity index (χ1n) is 5.20. The minimum atomic E-state index is 1.34. The Kier molecular flexibility index (Phi) is 1.67. The molecule has 0 amide bonds. The third-order valence-electron chi connectivity index (χ3n) is 2.94. The van der Waals surface area contributed by atoms with E-state index >= 15 is 0 Å². The molecule has 2 aromatic carbocycles. The standard InChI is InChI=1S/C14H8S2/c1-2-4-10-8-13-11(7-9(10)3-1)14-12(16-13)5-6-15-14/h1-8H. The van der Waals surface area contributed by atoms with Crippen LogP contribution < -0.4 is 0 Å². The number of thiophene rings is 2. The smallest absolute Gasteiger partial charge is 0.0529 e. The number of hydrogen-bond acceptors (Lipinski definition) is 2. The maximum atomic E-state index is 2.32. The molecule has 0 spiro atoms. The SMILES string of the molecule is c1ccc2cc3c(cc2c1)sc1ccsc13. The predicted octanol–water partition coefficient (Wildman–Crippen LogP) is 5.27. The van der Waals surface area contributed by atoms with Gasteiger partial charge in [0.2, 0.25) is 0 Å². The molecular formula is C14H8S2. The first kappa shape index (κ1) is 8.74. The fourth-order valence-corrected chi connectivity index (χ4v) is 4.45. The minimum absolute atomic E-state index is 1.34. The van der Waals surface area contributed by atoms with Gasteiger partial charge in [-0.3, -0.25) is 0 Å². The van der Waals surface area contributed by atoms with Gasteiger partial charge in [-0.15, -0.1) is 22.7 Å². The molecule has 0 atom stereocenters. The Hall–Kier alpha value is -1.38. The van der Waals surface area contributed by atoms with Crippen molar-refractivity contribution in [3.63, 3.8) is 0 Å². The van der Waals surface area contributed by atoms with Crippen molar-refractivity contribution in [2.24, 2.45) is 0 Å². The van der Waals surface area contributed by atoms with Crippen LogP contribution in [0.3, 0.4) is 0 Å². The van der Waals surface area contributed by atoms with Gasteiger partial charge in [-0.2, -0.15) is 0 Å². The summed E-state index contributed by atoms with van der Waals surface area (Å²) in [5, 5.41) is 6.26. The number of hydrogen-bond donors (Lipinski definition) is 0. The van der Waals surface area contributed by atoms with Gasteiger partial charge >= 0.3 is 0 Å². The summed E-state index contributed by atoms with van der Waals surface area (Å²) in [7, 11) is 0. The van der Waals surface area contributed by atoms with E-state index in [0.717, 1.165) is 0 Å². The minimum Gasteiger partial charge on any atom is -0.142 e. The van der Waals surface area contributed by atoms with Crippen molar-refractivity contribution in [3.05, 3.63) is 47.8 Å². The fourth-order valence-electron chi connectivity index (χ4n) is 2.17. The first-order valence-corrected chi connectivity index (χ1v) is 6.90. The van der Waals surface area contributed by atoms with Gasteiger partial charge in [0, 0.05) is 14.8 Å². The van der Waals surface area contributed by atoms with Gasteiger partial charge in [-0.1, -0.05) is 24.3 Å². The highest BCUT2D eigenvalue weighted by Gasteiger charge is 2.06. The van der Waals surface area contributed by atoms with Crippen LogP contribution in [-0.2, 0) is 0 Å². The van der Waals surface area contributed by atoms with E-state index in [1.54, 1.807) is 0 Å². The average molecular weight is 240 g/mol. The normalized spacial score (nSPS) is 11.8. The second-order valence-electron chi connectivity index (χ2n) is 3.91. The van der Waals surface area contributed by atoms with Crippen molar-refractivity contribution in [1.29, 1.82) is 0 Å². The molecule has 76 valence electrons. The molecule has 0 bridgehead atoms. The molecule has 0 radical (unpaired) electrons. The van der Waals surface area contributed by atoms with Crippen LogP contribution in [0.15, 0.2) is 47.8 Å². The Labute approximate surface area is 101 Å². The molecule has 16 heavy (non-hydrogen) atoms. The number of benzene rings is 2. The van der Waals surface area contributed by atoms with Crippen LogP contribution in [0.5, 0.6) is 0 Å². The third kappa shape index (κ3) is 1.09. The topological polar surface area (TPSA) is 0 Å². The molecule has 0 fully saturated rings. The Balaban J connectivity index is 2.30. The first-order chi connectivity index (χ1) is 7.92. The summed E-state index contributed by atoms with van der Waals surface area (Å²) in [4.78, 5) is 0. The molecule has 0 aliphatic heterocycles. The van der Waals surface area contributed by atoms with Gasteiger partial charge in [0.15, 0.2) is 0 Å². The molecule has 0 nitrogen and oxygen atoms in total. The molecule has 2 heterocycles. The predicted molar refractivity (Wildman–Crippen MR) is 74.7 cm³/mol. The highest BCUT2D eigenvalue weighted by Crippen LogP contribution is 2.39. The molecule has 0 saturated heterocycles. The molecule has 0 saturated carbocycles. The largest absolute Gasteiger partial charge is 0.142 e. The molecule has 0 aliphatic carbocycles. The maximum absolute atomic E-state index is 2.32. The van der Waals surface area contributed by atoms with Crippen LogP contribution in [0.2, 0.25) is 0 Å². The van der Waals surface area contributed by atoms with Crippen LogP contribution in [0, 0.1) is 0 Å². The van der Waals surface area contributed by atoms with Crippen LogP contribution in [0.25, 0.3) is 30.3 Å². The lowest BCUT2D eigenvalue weighted by Gasteiger charge is -1.97. The number of rotatable bonds is 0. The van der Waals surface area contributed by atoms with Gasteiger partial charge in [-0.05, 0) is 34.4 Å². The maximum Gasteiger partial charge on any atom is 0.0529 e. The molecule has 0 aliphatic rings. The van der Waals surface area contributed by atoms with Crippen LogP contribution in [0.4, 0.5) is 0 Å². The van der Waals surface area contributed by atoms with Gasteiger partial charge < -0.3 is 0 Å². The van der Waals surface area contributed by atoms with Gasteiger partial charge in [0.05, 0.1) is 4.70 Å². The fraction of sp³-hybridized carbons (Fsp3) is 0. The van der Waals surface area contributed by atoms with E-state index in [1.165, 1.54) is 30.3 Å². The van der Waals surface area contributed by atoms with Crippen LogP contribution in [0.1, 0.15) is 0 Å². The van der Waals surface area contributed by atoms with E-state index in [2.05, 4.69) is 47.8 Å². The summed E-state index contributed by atoms with van der Waals surface area (Å²) in [6.07, 6.45) is 0. The zero-order valence-corrected chi connectivity index (χ0v) is 10.1. The van der Waals surface area contributed by atoms with Crippen molar-refractivity contribution in [3.8, 4) is 0 Å². The lowest BCUT2D eigenvalue weighted by molar-refractivity contribution is 1.82.